The van der Waals surface area contributed by atoms with Crippen molar-refractivity contribution in [1.82, 2.24) is 0 Å². The molecule has 159 valence electrons. The van der Waals surface area contributed by atoms with Crippen molar-refractivity contribution in [2.45, 2.75) is 32.7 Å². The Bertz CT molecular complexity index is 1580. The van der Waals surface area contributed by atoms with Crippen molar-refractivity contribution < 1.29 is 0 Å². The lowest BCUT2D eigenvalue weighted by atomic mass is 9.87. The first-order chi connectivity index (χ1) is 15.8. The first-order valence-electron chi connectivity index (χ1n) is 11.5. The SMILES string of the molecule is C[Si](C)C#Cc1c2ccc3ccccc3c2c(C#C[Si](C)(C)C)c2c1ccc1ccccc12. The van der Waals surface area contributed by atoms with Gasteiger partial charge in [0, 0.05) is 21.9 Å². The normalized spacial score (nSPS) is 11.6. The molecule has 0 aliphatic carbocycles. The van der Waals surface area contributed by atoms with Crippen LogP contribution >= 0.6 is 0 Å². The van der Waals surface area contributed by atoms with Crippen LogP contribution in [0.4, 0.5) is 0 Å². The number of hydrogen-bond acceptors (Lipinski definition) is 0. The lowest BCUT2D eigenvalue weighted by Gasteiger charge is -2.16. The number of fused-ring (bicyclic) bond motifs is 6. The lowest BCUT2D eigenvalue weighted by molar-refractivity contribution is 1.73. The Morgan fingerprint density at radius 2 is 1.09 bits per heavy atom. The van der Waals surface area contributed by atoms with Crippen LogP contribution in [0.15, 0.2) is 72.8 Å². The summed E-state index contributed by atoms with van der Waals surface area (Å²) < 4.78 is 0. The van der Waals surface area contributed by atoms with Crippen LogP contribution in [0.2, 0.25) is 32.7 Å². The van der Waals surface area contributed by atoms with Crippen LogP contribution in [0.5, 0.6) is 0 Å². The van der Waals surface area contributed by atoms with Gasteiger partial charge in [-0.25, -0.2) is 0 Å². The molecule has 0 N–H and O–H groups in total. The fourth-order valence-corrected chi connectivity index (χ4v) is 5.34. The van der Waals surface area contributed by atoms with Crippen molar-refractivity contribution in [1.29, 1.82) is 0 Å². The summed E-state index contributed by atoms with van der Waals surface area (Å²) in [6.45, 7) is 11.4. The molecule has 0 aromatic heterocycles. The van der Waals surface area contributed by atoms with E-state index in [1.165, 1.54) is 43.1 Å². The summed E-state index contributed by atoms with van der Waals surface area (Å²) in [7, 11) is -2.25. The van der Waals surface area contributed by atoms with Gasteiger partial charge in [-0.15, -0.1) is 11.1 Å². The maximum absolute atomic E-state index is 3.72. The molecule has 2 heteroatoms. The molecular weight excluding hydrogens is 429 g/mol. The molecule has 5 aromatic rings. The molecule has 0 amide bonds. The minimum absolute atomic E-state index is 0.675. The maximum Gasteiger partial charge on any atom is 0.138 e. The molecule has 33 heavy (non-hydrogen) atoms. The van der Waals surface area contributed by atoms with E-state index in [1.54, 1.807) is 0 Å². The highest BCUT2D eigenvalue weighted by Gasteiger charge is 2.17. The first kappa shape index (κ1) is 21.5. The number of rotatable bonds is 0. The Kier molecular flexibility index (Phi) is 5.37. The Balaban J connectivity index is 2.13. The second-order valence-electron chi connectivity index (χ2n) is 9.92. The number of hydrogen-bond donors (Lipinski definition) is 0. The van der Waals surface area contributed by atoms with Crippen molar-refractivity contribution in [3.63, 3.8) is 0 Å². The highest BCUT2D eigenvalue weighted by Crippen LogP contribution is 2.39. The van der Waals surface area contributed by atoms with E-state index in [4.69, 9.17) is 0 Å². The molecule has 0 nitrogen and oxygen atoms in total. The zero-order chi connectivity index (χ0) is 23.2. The van der Waals surface area contributed by atoms with Crippen molar-refractivity contribution in [3.05, 3.63) is 83.9 Å². The Morgan fingerprint density at radius 1 is 0.576 bits per heavy atom. The Morgan fingerprint density at radius 3 is 1.58 bits per heavy atom. The molecule has 1 radical (unpaired) electrons. The molecule has 5 aromatic carbocycles. The quantitative estimate of drug-likeness (QED) is 0.0956. The minimum atomic E-state index is -1.58. The van der Waals surface area contributed by atoms with Gasteiger partial charge in [0.2, 0.25) is 0 Å². The van der Waals surface area contributed by atoms with Crippen LogP contribution in [0.1, 0.15) is 11.1 Å². The first-order valence-corrected chi connectivity index (χ1v) is 17.5. The monoisotopic (exact) mass is 455 g/mol. The van der Waals surface area contributed by atoms with Gasteiger partial charge in [-0.1, -0.05) is 117 Å². The van der Waals surface area contributed by atoms with Gasteiger partial charge >= 0.3 is 0 Å². The standard InChI is InChI=1S/C31H27Si2/c1-32(2)20-18-26-27-16-14-22-10-6-8-12-24(22)30(27)29(19-21-33(3,4)5)31-25-13-9-7-11-23(25)15-17-28(26)31/h6-17H,1-5H3. The van der Waals surface area contributed by atoms with E-state index in [-0.39, 0.29) is 0 Å². The molecule has 0 bridgehead atoms. The summed E-state index contributed by atoms with van der Waals surface area (Å²) in [5, 5.41) is 9.92. The van der Waals surface area contributed by atoms with Gasteiger partial charge in [0.25, 0.3) is 0 Å². The van der Waals surface area contributed by atoms with E-state index in [9.17, 15) is 0 Å². The lowest BCUT2D eigenvalue weighted by Crippen LogP contribution is -2.16. The van der Waals surface area contributed by atoms with Crippen LogP contribution in [0.3, 0.4) is 0 Å². The van der Waals surface area contributed by atoms with Crippen molar-refractivity contribution in [2.24, 2.45) is 0 Å². The third-order valence-corrected chi connectivity index (χ3v) is 7.40. The summed E-state index contributed by atoms with van der Waals surface area (Å²) in [5.41, 5.74) is 9.51. The molecule has 5 rings (SSSR count). The highest BCUT2D eigenvalue weighted by atomic mass is 28.3. The van der Waals surface area contributed by atoms with Gasteiger partial charge in [-0.05, 0) is 32.3 Å². The van der Waals surface area contributed by atoms with Crippen molar-refractivity contribution in [3.8, 4) is 22.9 Å². The van der Waals surface area contributed by atoms with Crippen molar-refractivity contribution >= 4 is 60.0 Å². The van der Waals surface area contributed by atoms with E-state index in [0.717, 1.165) is 11.1 Å². The van der Waals surface area contributed by atoms with Gasteiger partial charge < -0.3 is 0 Å². The second kappa shape index (κ2) is 8.24. The van der Waals surface area contributed by atoms with Crippen LogP contribution in [0, 0.1) is 22.9 Å². The van der Waals surface area contributed by atoms with E-state index in [0.29, 0.717) is 0 Å². The molecule has 0 unspecified atom stereocenters. The average Bonchev–Trinajstić information content (AvgIpc) is 2.79. The highest BCUT2D eigenvalue weighted by molar-refractivity contribution is 6.84. The Labute approximate surface area is 199 Å². The van der Waals surface area contributed by atoms with Gasteiger partial charge in [0.15, 0.2) is 0 Å². The van der Waals surface area contributed by atoms with Crippen LogP contribution in [-0.2, 0) is 0 Å². The summed E-state index contributed by atoms with van der Waals surface area (Å²) in [6.07, 6.45) is 0. The summed E-state index contributed by atoms with van der Waals surface area (Å²) in [5.74, 6) is 7.33. The second-order valence-corrected chi connectivity index (χ2v) is 16.9. The largest absolute Gasteiger partial charge is 0.138 e. The zero-order valence-corrected chi connectivity index (χ0v) is 21.9. The van der Waals surface area contributed by atoms with Crippen LogP contribution < -0.4 is 0 Å². The average molecular weight is 456 g/mol. The fraction of sp³-hybridized carbons (Fsp3) is 0.161. The van der Waals surface area contributed by atoms with Crippen LogP contribution in [-0.4, -0.2) is 16.9 Å². The molecule has 0 atom stereocenters. The van der Waals surface area contributed by atoms with E-state index in [1.807, 2.05) is 0 Å². The molecule has 0 saturated carbocycles. The Hall–Kier alpha value is -3.31. The van der Waals surface area contributed by atoms with E-state index < -0.39 is 16.9 Å². The molecule has 0 saturated heterocycles. The van der Waals surface area contributed by atoms with Gasteiger partial charge in [-0.2, -0.15) is 0 Å². The predicted octanol–water partition coefficient (Wildman–Crippen LogP) is 8.17. The van der Waals surface area contributed by atoms with Crippen LogP contribution in [0.25, 0.3) is 43.1 Å². The molecule has 0 heterocycles. The van der Waals surface area contributed by atoms with Gasteiger partial charge in [-0.3, -0.25) is 0 Å². The number of benzene rings is 5. The summed E-state index contributed by atoms with van der Waals surface area (Å²) in [6, 6.07) is 26.3. The van der Waals surface area contributed by atoms with Crippen molar-refractivity contribution in [2.75, 3.05) is 0 Å². The minimum Gasteiger partial charge on any atom is -0.128 e. The predicted molar refractivity (Wildman–Crippen MR) is 151 cm³/mol. The van der Waals surface area contributed by atoms with Gasteiger partial charge in [0.1, 0.15) is 16.9 Å². The smallest absolute Gasteiger partial charge is 0.128 e. The summed E-state index contributed by atoms with van der Waals surface area (Å²) >= 11 is 0. The molecule has 0 spiro atoms. The van der Waals surface area contributed by atoms with Gasteiger partial charge in [0.05, 0.1) is 0 Å². The summed E-state index contributed by atoms with van der Waals surface area (Å²) in [4.78, 5) is 0. The van der Waals surface area contributed by atoms with E-state index in [2.05, 4.69) is 128 Å². The molecule has 0 aliphatic heterocycles. The molecular formula is C31H27Si2. The third-order valence-electron chi connectivity index (χ3n) is 5.90. The topological polar surface area (TPSA) is 0 Å². The third kappa shape index (κ3) is 3.98. The molecule has 0 fully saturated rings. The fourth-order valence-electron chi connectivity index (χ4n) is 4.47. The maximum atomic E-state index is 3.72. The van der Waals surface area contributed by atoms with E-state index >= 15 is 0 Å². The zero-order valence-electron chi connectivity index (χ0n) is 19.9. The molecule has 0 aliphatic rings.